The molecule has 0 heterocycles. The first-order valence-corrected chi connectivity index (χ1v) is 6.09. The van der Waals surface area contributed by atoms with Crippen molar-refractivity contribution in [3.8, 4) is 17.2 Å². The first-order chi connectivity index (χ1) is 10.1. The molecule has 0 aliphatic rings. The molecule has 3 N–H and O–H groups in total. The van der Waals surface area contributed by atoms with E-state index in [2.05, 4.69) is 10.5 Å². The molecule has 1 amide bonds. The summed E-state index contributed by atoms with van der Waals surface area (Å²) in [4.78, 5) is 11.7. The zero-order chi connectivity index (χ0) is 15.2. The largest absolute Gasteiger partial charge is 0.508 e. The summed E-state index contributed by atoms with van der Waals surface area (Å²) in [6.07, 6.45) is 1.33. The Kier molecular flexibility index (Phi) is 4.40. The molecule has 0 spiro atoms. The summed E-state index contributed by atoms with van der Waals surface area (Å²) in [5.74, 6) is 0.187. The van der Waals surface area contributed by atoms with Crippen LogP contribution >= 0.6 is 0 Å². The zero-order valence-electron chi connectivity index (χ0n) is 11.3. The average Bonchev–Trinajstić information content (AvgIpc) is 2.49. The molecule has 0 saturated heterocycles. The van der Waals surface area contributed by atoms with Gasteiger partial charge in [0.05, 0.1) is 13.3 Å². The molecule has 0 atom stereocenters. The van der Waals surface area contributed by atoms with E-state index < -0.39 is 5.91 Å². The standard InChI is InChI=1S/C15H14N2O4/c1-21-13-7-4-11(14(19)8-13)9-16-17-15(20)10-2-5-12(18)6-3-10/h2-9,18-19H,1H3,(H,17,20)/b16-9+. The maximum atomic E-state index is 11.7. The van der Waals surface area contributed by atoms with Crippen molar-refractivity contribution < 1.29 is 19.7 Å². The Bertz CT molecular complexity index is 666. The van der Waals surface area contributed by atoms with Crippen molar-refractivity contribution in [3.63, 3.8) is 0 Å². The van der Waals surface area contributed by atoms with Crippen LogP contribution in [-0.4, -0.2) is 29.4 Å². The van der Waals surface area contributed by atoms with Crippen LogP contribution in [0.5, 0.6) is 17.2 Å². The summed E-state index contributed by atoms with van der Waals surface area (Å²) >= 11 is 0. The molecule has 21 heavy (non-hydrogen) atoms. The van der Waals surface area contributed by atoms with Crippen LogP contribution in [0.4, 0.5) is 0 Å². The average molecular weight is 286 g/mol. The van der Waals surface area contributed by atoms with Gasteiger partial charge in [-0.2, -0.15) is 5.10 Å². The number of hydrogen-bond acceptors (Lipinski definition) is 5. The van der Waals surface area contributed by atoms with E-state index in [0.29, 0.717) is 16.9 Å². The number of phenols is 2. The molecule has 0 unspecified atom stereocenters. The Labute approximate surface area is 121 Å². The maximum absolute atomic E-state index is 11.7. The molecule has 0 saturated carbocycles. The lowest BCUT2D eigenvalue weighted by atomic mass is 10.2. The van der Waals surface area contributed by atoms with Crippen molar-refractivity contribution in [2.24, 2.45) is 5.10 Å². The predicted octanol–water partition coefficient (Wildman–Crippen LogP) is 1.87. The number of aromatic hydroxyl groups is 2. The van der Waals surface area contributed by atoms with Gasteiger partial charge < -0.3 is 14.9 Å². The molecule has 0 bridgehead atoms. The summed E-state index contributed by atoms with van der Waals surface area (Å²) in [6.45, 7) is 0. The minimum atomic E-state index is -0.417. The third-order valence-corrected chi connectivity index (χ3v) is 2.74. The minimum Gasteiger partial charge on any atom is -0.508 e. The van der Waals surface area contributed by atoms with E-state index in [9.17, 15) is 9.90 Å². The molecule has 0 aliphatic carbocycles. The summed E-state index contributed by atoms with van der Waals surface area (Å²) < 4.78 is 4.97. The normalized spacial score (nSPS) is 10.5. The van der Waals surface area contributed by atoms with E-state index in [1.54, 1.807) is 12.1 Å². The topological polar surface area (TPSA) is 91.2 Å². The van der Waals surface area contributed by atoms with Crippen molar-refractivity contribution in [3.05, 3.63) is 53.6 Å². The fourth-order valence-electron chi connectivity index (χ4n) is 1.60. The number of nitrogens with one attached hydrogen (secondary N) is 1. The number of benzene rings is 2. The number of phenolic OH excluding ortho intramolecular Hbond substituents is 2. The first kappa shape index (κ1) is 14.4. The zero-order valence-corrected chi connectivity index (χ0v) is 11.3. The molecule has 0 fully saturated rings. The molecule has 6 heteroatoms. The molecule has 2 aromatic rings. The maximum Gasteiger partial charge on any atom is 0.271 e. The second kappa shape index (κ2) is 6.42. The van der Waals surface area contributed by atoms with Gasteiger partial charge in [0.15, 0.2) is 0 Å². The van der Waals surface area contributed by atoms with Crippen LogP contribution in [0.1, 0.15) is 15.9 Å². The van der Waals surface area contributed by atoms with Crippen molar-refractivity contribution in [2.75, 3.05) is 7.11 Å². The number of ether oxygens (including phenoxy) is 1. The van der Waals surface area contributed by atoms with Gasteiger partial charge in [-0.1, -0.05) is 0 Å². The van der Waals surface area contributed by atoms with E-state index in [1.165, 1.54) is 43.7 Å². The summed E-state index contributed by atoms with van der Waals surface area (Å²) in [5, 5.41) is 22.6. The molecular formula is C15H14N2O4. The van der Waals surface area contributed by atoms with Crippen LogP contribution in [0.25, 0.3) is 0 Å². The lowest BCUT2D eigenvalue weighted by Gasteiger charge is -2.03. The lowest BCUT2D eigenvalue weighted by molar-refractivity contribution is 0.0955. The Hall–Kier alpha value is -3.02. The number of amides is 1. The Morgan fingerprint density at radius 1 is 1.19 bits per heavy atom. The second-order valence-corrected chi connectivity index (χ2v) is 4.17. The number of methoxy groups -OCH3 is 1. The third-order valence-electron chi connectivity index (χ3n) is 2.74. The predicted molar refractivity (Wildman–Crippen MR) is 77.8 cm³/mol. The van der Waals surface area contributed by atoms with Gasteiger partial charge >= 0.3 is 0 Å². The van der Waals surface area contributed by atoms with E-state index in [-0.39, 0.29) is 11.5 Å². The highest BCUT2D eigenvalue weighted by molar-refractivity contribution is 5.95. The van der Waals surface area contributed by atoms with Crippen molar-refractivity contribution >= 4 is 12.1 Å². The number of carbonyl (C=O) groups is 1. The summed E-state index contributed by atoms with van der Waals surface area (Å²) in [5.41, 5.74) is 3.14. The highest BCUT2D eigenvalue weighted by Crippen LogP contribution is 2.21. The highest BCUT2D eigenvalue weighted by atomic mass is 16.5. The summed E-state index contributed by atoms with van der Waals surface area (Å²) in [6, 6.07) is 10.5. The fraction of sp³-hybridized carbons (Fsp3) is 0.0667. The quantitative estimate of drug-likeness (QED) is 0.591. The second-order valence-electron chi connectivity index (χ2n) is 4.17. The molecule has 0 radical (unpaired) electrons. The van der Waals surface area contributed by atoms with Gasteiger partial charge in [0.25, 0.3) is 5.91 Å². The third kappa shape index (κ3) is 3.73. The number of carbonyl (C=O) groups excluding carboxylic acids is 1. The van der Waals surface area contributed by atoms with Crippen LogP contribution in [0, 0.1) is 0 Å². The molecule has 2 rings (SSSR count). The Balaban J connectivity index is 2.02. The van der Waals surface area contributed by atoms with Gasteiger partial charge in [0.1, 0.15) is 17.2 Å². The van der Waals surface area contributed by atoms with E-state index in [0.717, 1.165) is 0 Å². The summed E-state index contributed by atoms with van der Waals surface area (Å²) in [7, 11) is 1.50. The van der Waals surface area contributed by atoms with Gasteiger partial charge in [0.2, 0.25) is 0 Å². The number of hydrazone groups is 1. The SMILES string of the molecule is COc1ccc(/C=N/NC(=O)c2ccc(O)cc2)c(O)c1. The fourth-order valence-corrected chi connectivity index (χ4v) is 1.60. The highest BCUT2D eigenvalue weighted by Gasteiger charge is 2.04. The monoisotopic (exact) mass is 286 g/mol. The van der Waals surface area contributed by atoms with Gasteiger partial charge in [0, 0.05) is 17.2 Å². The van der Waals surface area contributed by atoms with Crippen LogP contribution in [0.15, 0.2) is 47.6 Å². The molecule has 0 aromatic heterocycles. The number of nitrogens with zero attached hydrogens (tertiary/aromatic N) is 1. The van der Waals surface area contributed by atoms with Gasteiger partial charge in [-0.15, -0.1) is 0 Å². The van der Waals surface area contributed by atoms with Crippen LogP contribution in [0.3, 0.4) is 0 Å². The van der Waals surface area contributed by atoms with Gasteiger partial charge in [-0.25, -0.2) is 5.43 Å². The van der Waals surface area contributed by atoms with Crippen molar-refractivity contribution in [1.29, 1.82) is 0 Å². The van der Waals surface area contributed by atoms with E-state index >= 15 is 0 Å². The number of hydrogen-bond donors (Lipinski definition) is 3. The van der Waals surface area contributed by atoms with E-state index in [1.807, 2.05) is 0 Å². The molecule has 2 aromatic carbocycles. The smallest absolute Gasteiger partial charge is 0.271 e. The van der Waals surface area contributed by atoms with Gasteiger partial charge in [-0.05, 0) is 36.4 Å². The van der Waals surface area contributed by atoms with Crippen molar-refractivity contribution in [1.82, 2.24) is 5.43 Å². The Morgan fingerprint density at radius 3 is 2.52 bits per heavy atom. The number of rotatable bonds is 4. The van der Waals surface area contributed by atoms with E-state index in [4.69, 9.17) is 9.84 Å². The van der Waals surface area contributed by atoms with Crippen LogP contribution in [-0.2, 0) is 0 Å². The van der Waals surface area contributed by atoms with Crippen molar-refractivity contribution in [2.45, 2.75) is 0 Å². The Morgan fingerprint density at radius 2 is 1.90 bits per heavy atom. The molecular weight excluding hydrogens is 272 g/mol. The van der Waals surface area contributed by atoms with Gasteiger partial charge in [-0.3, -0.25) is 4.79 Å². The molecule has 6 nitrogen and oxygen atoms in total. The lowest BCUT2D eigenvalue weighted by Crippen LogP contribution is -2.17. The minimum absolute atomic E-state index is 0.00279. The van der Waals surface area contributed by atoms with Crippen LogP contribution in [0.2, 0.25) is 0 Å². The molecule has 0 aliphatic heterocycles. The van der Waals surface area contributed by atoms with Crippen LogP contribution < -0.4 is 10.2 Å². The first-order valence-electron chi connectivity index (χ1n) is 6.09. The molecule has 108 valence electrons.